The zero-order valence-electron chi connectivity index (χ0n) is 16.9. The number of rotatable bonds is 5. The summed E-state index contributed by atoms with van der Waals surface area (Å²) in [5.74, 6) is -0.194. The van der Waals surface area contributed by atoms with Crippen LogP contribution in [0, 0.1) is 19.8 Å². The predicted octanol–water partition coefficient (Wildman–Crippen LogP) is 3.33. The summed E-state index contributed by atoms with van der Waals surface area (Å²) in [5, 5.41) is 9.37. The van der Waals surface area contributed by atoms with E-state index in [1.54, 1.807) is 18.3 Å². The largest absolute Gasteiger partial charge is 0.442 e. The number of benzene rings is 1. The number of nitrogens with one attached hydrogen (secondary N) is 2. The lowest BCUT2D eigenvalue weighted by Gasteiger charge is -2.30. The van der Waals surface area contributed by atoms with Crippen LogP contribution in [-0.2, 0) is 14.8 Å². The Labute approximate surface area is 175 Å². The van der Waals surface area contributed by atoms with Crippen molar-refractivity contribution in [1.29, 1.82) is 0 Å². The van der Waals surface area contributed by atoms with Gasteiger partial charge in [-0.15, -0.1) is 0 Å². The number of carbonyl (C=O) groups excluding carboxylic acids is 1. The molecule has 1 aliphatic rings. The van der Waals surface area contributed by atoms with Crippen molar-refractivity contribution in [2.75, 3.05) is 18.4 Å². The Bertz CT molecular complexity index is 1150. The van der Waals surface area contributed by atoms with Crippen molar-refractivity contribution in [1.82, 2.24) is 14.5 Å². The third-order valence-corrected chi connectivity index (χ3v) is 7.21. The third kappa shape index (κ3) is 4.03. The molecule has 0 radical (unpaired) electrons. The number of sulfonamides is 1. The summed E-state index contributed by atoms with van der Waals surface area (Å²) in [6.07, 6.45) is 2.81. The molecule has 3 aromatic rings. The van der Waals surface area contributed by atoms with Gasteiger partial charge >= 0.3 is 0 Å². The second kappa shape index (κ2) is 8.08. The molecule has 2 aromatic heterocycles. The normalized spacial score (nSPS) is 17.7. The molecule has 0 unspecified atom stereocenters. The van der Waals surface area contributed by atoms with Crippen LogP contribution in [-0.4, -0.2) is 41.9 Å². The molecule has 1 fully saturated rings. The summed E-state index contributed by atoms with van der Waals surface area (Å²) in [4.78, 5) is 12.8. The highest BCUT2D eigenvalue weighted by atomic mass is 32.2. The zero-order chi connectivity index (χ0) is 21.3. The highest BCUT2D eigenvalue weighted by molar-refractivity contribution is 7.89. The van der Waals surface area contributed by atoms with Gasteiger partial charge in [0.05, 0.1) is 5.92 Å². The van der Waals surface area contributed by atoms with Gasteiger partial charge in [0, 0.05) is 25.0 Å². The highest BCUT2D eigenvalue weighted by Gasteiger charge is 2.35. The fourth-order valence-electron chi connectivity index (χ4n) is 3.56. The van der Waals surface area contributed by atoms with Crippen LogP contribution >= 0.6 is 0 Å². The molecule has 8 nitrogen and oxygen atoms in total. The Morgan fingerprint density at radius 2 is 2.03 bits per heavy atom. The van der Waals surface area contributed by atoms with E-state index in [4.69, 9.17) is 4.42 Å². The lowest BCUT2D eigenvalue weighted by molar-refractivity contribution is -0.120. The summed E-state index contributed by atoms with van der Waals surface area (Å²) in [7, 11) is -3.83. The van der Waals surface area contributed by atoms with Gasteiger partial charge in [0.2, 0.25) is 11.0 Å². The summed E-state index contributed by atoms with van der Waals surface area (Å²) in [6.45, 7) is 4.48. The zero-order valence-corrected chi connectivity index (χ0v) is 17.7. The van der Waals surface area contributed by atoms with Gasteiger partial charge in [-0.1, -0.05) is 6.07 Å². The van der Waals surface area contributed by atoms with Crippen LogP contribution in [0.4, 0.5) is 5.69 Å². The molecule has 3 heterocycles. The minimum absolute atomic E-state index is 0.124. The summed E-state index contributed by atoms with van der Waals surface area (Å²) in [6, 6.07) is 10.5. The average Bonchev–Trinajstić information content (AvgIpc) is 3.43. The maximum absolute atomic E-state index is 13.1. The summed E-state index contributed by atoms with van der Waals surface area (Å²) >= 11 is 0. The van der Waals surface area contributed by atoms with Crippen LogP contribution in [0.15, 0.2) is 52.1 Å². The van der Waals surface area contributed by atoms with E-state index >= 15 is 0 Å². The van der Waals surface area contributed by atoms with Crippen molar-refractivity contribution < 1.29 is 17.6 Å². The molecular weight excluding hydrogens is 404 g/mol. The Balaban J connectivity index is 1.47. The minimum atomic E-state index is -3.83. The first-order chi connectivity index (χ1) is 14.3. The first-order valence-electron chi connectivity index (χ1n) is 9.82. The van der Waals surface area contributed by atoms with Crippen LogP contribution in [0.3, 0.4) is 0 Å². The topological polar surface area (TPSA) is 108 Å². The first-order valence-corrected chi connectivity index (χ1v) is 11.3. The maximum Gasteiger partial charge on any atom is 0.276 e. The van der Waals surface area contributed by atoms with E-state index < -0.39 is 15.9 Å². The van der Waals surface area contributed by atoms with E-state index in [0.29, 0.717) is 30.8 Å². The van der Waals surface area contributed by atoms with Gasteiger partial charge in [0.15, 0.2) is 5.76 Å². The van der Waals surface area contributed by atoms with Gasteiger partial charge in [-0.3, -0.25) is 9.89 Å². The number of aryl methyl sites for hydroxylation is 2. The lowest BCUT2D eigenvalue weighted by Crippen LogP contribution is -2.43. The predicted molar refractivity (Wildman–Crippen MR) is 112 cm³/mol. The number of anilines is 1. The second-order valence-corrected chi connectivity index (χ2v) is 9.45. The van der Waals surface area contributed by atoms with Crippen molar-refractivity contribution in [2.24, 2.45) is 5.92 Å². The van der Waals surface area contributed by atoms with E-state index in [0.717, 1.165) is 16.8 Å². The molecule has 1 atom stereocenters. The molecule has 1 aromatic carbocycles. The van der Waals surface area contributed by atoms with Gasteiger partial charge in [-0.25, -0.2) is 8.42 Å². The molecule has 30 heavy (non-hydrogen) atoms. The van der Waals surface area contributed by atoms with E-state index in [9.17, 15) is 13.2 Å². The number of carbonyl (C=O) groups is 1. The third-order valence-electron chi connectivity index (χ3n) is 5.47. The molecular formula is C21H24N4O4S. The fraction of sp³-hybridized carbons (Fsp3) is 0.333. The highest BCUT2D eigenvalue weighted by Crippen LogP contribution is 2.28. The molecule has 4 rings (SSSR count). The van der Waals surface area contributed by atoms with Crippen molar-refractivity contribution >= 4 is 21.6 Å². The molecule has 1 aliphatic heterocycles. The van der Waals surface area contributed by atoms with Crippen LogP contribution in [0.25, 0.3) is 11.5 Å². The summed E-state index contributed by atoms with van der Waals surface area (Å²) < 4.78 is 33.0. The number of H-pyrrole nitrogens is 1. The van der Waals surface area contributed by atoms with E-state index in [-0.39, 0.29) is 17.5 Å². The minimum Gasteiger partial charge on any atom is -0.442 e. The Hall–Kier alpha value is -2.91. The molecule has 9 heteroatoms. The smallest absolute Gasteiger partial charge is 0.276 e. The molecule has 0 aliphatic carbocycles. The number of aromatic nitrogens is 2. The summed E-state index contributed by atoms with van der Waals surface area (Å²) in [5.41, 5.74) is 3.56. The Morgan fingerprint density at radius 3 is 2.77 bits per heavy atom. The number of hydrogen-bond acceptors (Lipinski definition) is 5. The molecule has 158 valence electrons. The molecule has 0 bridgehead atoms. The van der Waals surface area contributed by atoms with Crippen molar-refractivity contribution in [2.45, 2.75) is 31.8 Å². The van der Waals surface area contributed by atoms with Crippen molar-refractivity contribution in [3.63, 3.8) is 0 Å². The standard InChI is InChI=1S/C21H24N4O4S/c1-14-5-6-17(12-15(14)2)23-21(26)16-4-3-11-25(13-16)30(27,28)20-8-7-19(29-20)18-9-10-22-24-18/h5-10,12,16H,3-4,11,13H2,1-2H3,(H,22,24)(H,23,26)/t16-/m1/s1. The number of amides is 1. The number of piperidine rings is 1. The molecule has 0 saturated carbocycles. The van der Waals surface area contributed by atoms with E-state index in [2.05, 4.69) is 15.5 Å². The van der Waals surface area contributed by atoms with Crippen molar-refractivity contribution in [3.8, 4) is 11.5 Å². The van der Waals surface area contributed by atoms with Gasteiger partial charge in [-0.05, 0) is 68.1 Å². The molecule has 0 spiro atoms. The van der Waals surface area contributed by atoms with Crippen LogP contribution in [0.1, 0.15) is 24.0 Å². The molecule has 1 saturated heterocycles. The van der Waals surface area contributed by atoms with E-state index in [1.165, 1.54) is 10.4 Å². The number of aromatic amines is 1. The van der Waals surface area contributed by atoms with E-state index in [1.807, 2.05) is 32.0 Å². The number of furan rings is 1. The lowest BCUT2D eigenvalue weighted by atomic mass is 9.98. The van der Waals surface area contributed by atoms with Crippen LogP contribution < -0.4 is 5.32 Å². The van der Waals surface area contributed by atoms with Gasteiger partial charge in [0.25, 0.3) is 10.0 Å². The SMILES string of the molecule is Cc1ccc(NC(=O)[C@@H]2CCCN(S(=O)(=O)c3ccc(-c4ccn[nH]4)o3)C2)cc1C. The number of nitrogens with zero attached hydrogens (tertiary/aromatic N) is 2. The van der Waals surface area contributed by atoms with Crippen LogP contribution in [0.5, 0.6) is 0 Å². The number of hydrogen-bond donors (Lipinski definition) is 2. The Morgan fingerprint density at radius 1 is 1.20 bits per heavy atom. The van der Waals surface area contributed by atoms with Gasteiger partial charge < -0.3 is 9.73 Å². The Kier molecular flexibility index (Phi) is 5.48. The molecule has 1 amide bonds. The van der Waals surface area contributed by atoms with Gasteiger partial charge in [0.1, 0.15) is 5.69 Å². The monoisotopic (exact) mass is 428 g/mol. The first kappa shape index (κ1) is 20.4. The molecule has 2 N–H and O–H groups in total. The van der Waals surface area contributed by atoms with Crippen molar-refractivity contribution in [3.05, 3.63) is 53.7 Å². The fourth-order valence-corrected chi connectivity index (χ4v) is 5.00. The van der Waals surface area contributed by atoms with Gasteiger partial charge in [-0.2, -0.15) is 9.40 Å². The second-order valence-electron chi connectivity index (χ2n) is 7.58. The average molecular weight is 429 g/mol. The quantitative estimate of drug-likeness (QED) is 0.648. The van der Waals surface area contributed by atoms with Crippen LogP contribution in [0.2, 0.25) is 0 Å². The maximum atomic E-state index is 13.1.